The van der Waals surface area contributed by atoms with Gasteiger partial charge in [-0.1, -0.05) is 0 Å². The minimum atomic E-state index is 0.0334. The monoisotopic (exact) mass is 372 g/mol. The molecule has 4 heterocycles. The lowest BCUT2D eigenvalue weighted by Gasteiger charge is -2.34. The van der Waals surface area contributed by atoms with Gasteiger partial charge in [0.05, 0.1) is 18.8 Å². The second kappa shape index (κ2) is 8.28. The average Bonchev–Trinajstić information content (AvgIpc) is 2.68. The molecule has 1 fully saturated rings. The van der Waals surface area contributed by atoms with Crippen LogP contribution >= 0.6 is 11.8 Å². The highest BCUT2D eigenvalue weighted by Gasteiger charge is 2.18. The van der Waals surface area contributed by atoms with Crippen molar-refractivity contribution in [2.24, 2.45) is 0 Å². The summed E-state index contributed by atoms with van der Waals surface area (Å²) in [5, 5.41) is 4.61. The smallest absolute Gasteiger partial charge is 0.267 e. The summed E-state index contributed by atoms with van der Waals surface area (Å²) >= 11 is 1.88. The Morgan fingerprint density at radius 1 is 1.04 bits per heavy atom. The third kappa shape index (κ3) is 4.31. The van der Waals surface area contributed by atoms with Crippen molar-refractivity contribution in [2.75, 3.05) is 38.5 Å². The van der Waals surface area contributed by atoms with Crippen LogP contribution in [0.1, 0.15) is 17.1 Å². The van der Waals surface area contributed by atoms with Crippen LogP contribution in [0.25, 0.3) is 0 Å². The molecule has 0 aromatic carbocycles. The third-order valence-corrected chi connectivity index (χ3v) is 5.99. The van der Waals surface area contributed by atoms with Crippen molar-refractivity contribution >= 4 is 11.8 Å². The maximum atomic E-state index is 12.3. The number of nitrogens with zero attached hydrogens (tertiary/aromatic N) is 6. The molecule has 0 amide bonds. The Morgan fingerprint density at radius 2 is 1.81 bits per heavy atom. The first kappa shape index (κ1) is 17.6. The molecule has 0 bridgehead atoms. The predicted molar refractivity (Wildman–Crippen MR) is 102 cm³/mol. The fraction of sp³-hybridized carbons (Fsp3) is 0.556. The zero-order valence-electron chi connectivity index (χ0n) is 14.9. The van der Waals surface area contributed by atoms with Crippen molar-refractivity contribution in [2.45, 2.75) is 25.3 Å². The van der Waals surface area contributed by atoms with Crippen molar-refractivity contribution in [3.05, 3.63) is 52.0 Å². The lowest BCUT2D eigenvalue weighted by molar-refractivity contribution is 0.120. The summed E-state index contributed by atoms with van der Waals surface area (Å²) in [6, 6.07) is 3.63. The van der Waals surface area contributed by atoms with E-state index in [4.69, 9.17) is 0 Å². The van der Waals surface area contributed by atoms with Gasteiger partial charge < -0.3 is 0 Å². The fourth-order valence-electron chi connectivity index (χ4n) is 3.43. The number of piperazine rings is 1. The summed E-state index contributed by atoms with van der Waals surface area (Å²) in [7, 11) is 0. The van der Waals surface area contributed by atoms with E-state index in [9.17, 15) is 4.79 Å². The van der Waals surface area contributed by atoms with E-state index in [0.29, 0.717) is 6.54 Å². The predicted octanol–water partition coefficient (Wildman–Crippen LogP) is 0.640. The Kier molecular flexibility index (Phi) is 5.62. The minimum Gasteiger partial charge on any atom is -0.299 e. The summed E-state index contributed by atoms with van der Waals surface area (Å²) in [5.41, 5.74) is 2.27. The highest BCUT2D eigenvalue weighted by Crippen LogP contribution is 2.21. The van der Waals surface area contributed by atoms with Crippen molar-refractivity contribution in [3.63, 3.8) is 0 Å². The molecule has 1 saturated heterocycles. The second-order valence-corrected chi connectivity index (χ2v) is 7.87. The number of hydrogen-bond acceptors (Lipinski definition) is 7. The van der Waals surface area contributed by atoms with Crippen LogP contribution in [0.15, 0.2) is 29.3 Å². The molecule has 4 rings (SSSR count). The van der Waals surface area contributed by atoms with Crippen LogP contribution in [-0.4, -0.2) is 68.0 Å². The van der Waals surface area contributed by atoms with Gasteiger partial charge in [0, 0.05) is 63.4 Å². The Balaban J connectivity index is 1.28. The summed E-state index contributed by atoms with van der Waals surface area (Å²) < 4.78 is 1.65. The lowest BCUT2D eigenvalue weighted by Crippen LogP contribution is -2.47. The molecular formula is C18H24N6OS. The summed E-state index contributed by atoms with van der Waals surface area (Å²) in [6.07, 6.45) is 4.56. The molecule has 0 aliphatic carbocycles. The molecule has 0 atom stereocenters. The first-order valence-electron chi connectivity index (χ1n) is 9.16. The van der Waals surface area contributed by atoms with Crippen molar-refractivity contribution < 1.29 is 0 Å². The molecule has 138 valence electrons. The van der Waals surface area contributed by atoms with E-state index >= 15 is 0 Å². The van der Waals surface area contributed by atoms with Gasteiger partial charge in [0.15, 0.2) is 0 Å². The van der Waals surface area contributed by atoms with Crippen LogP contribution in [0, 0.1) is 0 Å². The molecule has 7 nitrogen and oxygen atoms in total. The average molecular weight is 372 g/mol. The summed E-state index contributed by atoms with van der Waals surface area (Å²) in [5.74, 6) is 2.90. The van der Waals surface area contributed by atoms with E-state index in [1.54, 1.807) is 23.1 Å². The third-order valence-electron chi connectivity index (χ3n) is 4.98. The molecule has 26 heavy (non-hydrogen) atoms. The quantitative estimate of drug-likeness (QED) is 0.763. The maximum absolute atomic E-state index is 12.3. The van der Waals surface area contributed by atoms with Gasteiger partial charge in [-0.3, -0.25) is 14.6 Å². The van der Waals surface area contributed by atoms with Gasteiger partial charge in [0.25, 0.3) is 5.56 Å². The van der Waals surface area contributed by atoms with Gasteiger partial charge in [0.1, 0.15) is 5.82 Å². The Bertz CT molecular complexity index is 788. The minimum absolute atomic E-state index is 0.0334. The zero-order chi connectivity index (χ0) is 17.8. The molecular weight excluding hydrogens is 348 g/mol. The molecule has 0 saturated carbocycles. The van der Waals surface area contributed by atoms with Crippen molar-refractivity contribution in [3.8, 4) is 0 Å². The van der Waals surface area contributed by atoms with E-state index in [2.05, 4.69) is 24.9 Å². The topological polar surface area (TPSA) is 67.2 Å². The van der Waals surface area contributed by atoms with E-state index in [1.165, 1.54) is 0 Å². The Morgan fingerprint density at radius 3 is 2.62 bits per heavy atom. The first-order valence-corrected chi connectivity index (χ1v) is 10.3. The van der Waals surface area contributed by atoms with Crippen molar-refractivity contribution in [1.82, 2.24) is 29.5 Å². The molecule has 0 unspecified atom stereocenters. The van der Waals surface area contributed by atoms with Gasteiger partial charge in [-0.15, -0.1) is 0 Å². The molecule has 2 aromatic heterocycles. The van der Waals surface area contributed by atoms with Gasteiger partial charge in [0.2, 0.25) is 0 Å². The summed E-state index contributed by atoms with van der Waals surface area (Å²) in [6.45, 7) is 6.35. The first-order chi connectivity index (χ1) is 12.8. The number of hydrogen-bond donors (Lipinski definition) is 0. The van der Waals surface area contributed by atoms with E-state index in [1.807, 2.05) is 17.8 Å². The van der Waals surface area contributed by atoms with Gasteiger partial charge >= 0.3 is 0 Å². The number of fused-ring (bicyclic) bond motifs is 1. The number of thioether (sulfide) groups is 1. The van der Waals surface area contributed by atoms with Crippen LogP contribution < -0.4 is 5.56 Å². The van der Waals surface area contributed by atoms with E-state index in [0.717, 1.165) is 74.3 Å². The number of rotatable bonds is 5. The van der Waals surface area contributed by atoms with Crippen molar-refractivity contribution in [1.29, 1.82) is 0 Å². The van der Waals surface area contributed by atoms with Crippen LogP contribution in [0.4, 0.5) is 0 Å². The normalized spacial score (nSPS) is 18.6. The fourth-order valence-corrected chi connectivity index (χ4v) is 4.38. The molecule has 2 aromatic rings. The number of aryl methyl sites for hydroxylation is 1. The van der Waals surface area contributed by atoms with Crippen LogP contribution in [0.2, 0.25) is 0 Å². The zero-order valence-corrected chi connectivity index (χ0v) is 15.7. The Labute approximate surface area is 157 Å². The largest absolute Gasteiger partial charge is 0.299 e. The Hall–Kier alpha value is -1.77. The van der Waals surface area contributed by atoms with Gasteiger partial charge in [-0.05, 0) is 17.4 Å². The second-order valence-electron chi connectivity index (χ2n) is 6.76. The molecule has 2 aliphatic rings. The molecule has 8 heteroatoms. The molecule has 0 radical (unpaired) electrons. The van der Waals surface area contributed by atoms with Gasteiger partial charge in [-0.25, -0.2) is 14.6 Å². The van der Waals surface area contributed by atoms with Crippen LogP contribution in [0.5, 0.6) is 0 Å². The molecule has 2 aliphatic heterocycles. The lowest BCUT2D eigenvalue weighted by atomic mass is 10.2. The maximum Gasteiger partial charge on any atom is 0.267 e. The van der Waals surface area contributed by atoms with E-state index in [-0.39, 0.29) is 5.56 Å². The van der Waals surface area contributed by atoms with Crippen LogP contribution in [-0.2, 0) is 25.3 Å². The molecule has 0 N–H and O–H groups in total. The van der Waals surface area contributed by atoms with Crippen LogP contribution in [0.3, 0.4) is 0 Å². The SMILES string of the molecule is O=c1cc2c(nn1CCN1CCN(Cc3ncccn3)CC1)CCSC2. The number of aromatic nitrogens is 4. The summed E-state index contributed by atoms with van der Waals surface area (Å²) in [4.78, 5) is 25.7. The highest BCUT2D eigenvalue weighted by molar-refractivity contribution is 7.98. The molecule has 0 spiro atoms. The van der Waals surface area contributed by atoms with E-state index < -0.39 is 0 Å². The standard InChI is InChI=1S/C18H24N6OS/c25-18-12-15-14-26-11-2-16(15)21-24(18)10-9-22-5-7-23(8-6-22)13-17-19-3-1-4-20-17/h1,3-4,12H,2,5-11,13-14H2. The highest BCUT2D eigenvalue weighted by atomic mass is 32.2. The van der Waals surface area contributed by atoms with Gasteiger partial charge in [-0.2, -0.15) is 16.9 Å².